The maximum absolute atomic E-state index is 12.2. The Labute approximate surface area is 138 Å². The number of nitrogens with one attached hydrogen (secondary N) is 2. The van der Waals surface area contributed by atoms with Gasteiger partial charge in [-0.25, -0.2) is 0 Å². The van der Waals surface area contributed by atoms with Crippen LogP contribution in [0.1, 0.15) is 29.0 Å². The van der Waals surface area contributed by atoms with E-state index >= 15 is 0 Å². The minimum Gasteiger partial charge on any atom is -0.493 e. The molecule has 2 N–H and O–H groups in total. The lowest BCUT2D eigenvalue weighted by Gasteiger charge is -2.21. The Bertz CT molecular complexity index is 744. The molecule has 0 bridgehead atoms. The number of benzene rings is 1. The van der Waals surface area contributed by atoms with Gasteiger partial charge in [-0.1, -0.05) is 12.1 Å². The Kier molecular flexibility index (Phi) is 4.21. The standard InChI is InChI=1S/C16H19N3O3S/c1-8-12-14(10-6-5-7-11(21-3)13(10)22-4)23-9(2)16(20)17-15(12)19-18-8/h5-7,9,14H,1-4H3,(H2,17,18,19,20)/t9-,14-/m0/s1. The summed E-state index contributed by atoms with van der Waals surface area (Å²) in [6.45, 7) is 3.85. The lowest BCUT2D eigenvalue weighted by molar-refractivity contribution is -0.115. The molecule has 0 fully saturated rings. The smallest absolute Gasteiger partial charge is 0.238 e. The van der Waals surface area contributed by atoms with E-state index in [1.165, 1.54) is 0 Å². The number of aromatic nitrogens is 2. The van der Waals surface area contributed by atoms with Crippen molar-refractivity contribution < 1.29 is 14.3 Å². The summed E-state index contributed by atoms with van der Waals surface area (Å²) in [6.07, 6.45) is 0. The molecule has 23 heavy (non-hydrogen) atoms. The van der Waals surface area contributed by atoms with E-state index in [1.54, 1.807) is 26.0 Å². The summed E-state index contributed by atoms with van der Waals surface area (Å²) in [5.74, 6) is 1.89. The van der Waals surface area contributed by atoms with E-state index in [9.17, 15) is 4.79 Å². The van der Waals surface area contributed by atoms with Crippen LogP contribution in [0.5, 0.6) is 11.5 Å². The molecule has 1 aromatic carbocycles. The molecule has 0 radical (unpaired) electrons. The maximum atomic E-state index is 12.2. The largest absolute Gasteiger partial charge is 0.493 e. The first-order chi connectivity index (χ1) is 11.1. The van der Waals surface area contributed by atoms with Crippen LogP contribution in [0, 0.1) is 6.92 Å². The van der Waals surface area contributed by atoms with Crippen LogP contribution < -0.4 is 14.8 Å². The predicted octanol–water partition coefficient (Wildman–Crippen LogP) is 2.90. The van der Waals surface area contributed by atoms with Crippen molar-refractivity contribution >= 4 is 23.5 Å². The topological polar surface area (TPSA) is 76.2 Å². The summed E-state index contributed by atoms with van der Waals surface area (Å²) in [6, 6.07) is 5.79. The molecule has 1 amide bonds. The minimum absolute atomic E-state index is 0.0490. The van der Waals surface area contributed by atoms with E-state index in [2.05, 4.69) is 15.5 Å². The molecular formula is C16H19N3O3S. The van der Waals surface area contributed by atoms with Crippen molar-refractivity contribution in [2.24, 2.45) is 0 Å². The summed E-state index contributed by atoms with van der Waals surface area (Å²) >= 11 is 1.57. The van der Waals surface area contributed by atoms with Crippen LogP contribution in [0.4, 0.5) is 5.82 Å². The van der Waals surface area contributed by atoms with Crippen LogP contribution in [0.2, 0.25) is 0 Å². The second-order valence-corrected chi connectivity index (χ2v) is 6.79. The first-order valence-corrected chi connectivity index (χ1v) is 8.23. The Morgan fingerprint density at radius 3 is 2.74 bits per heavy atom. The molecule has 7 heteroatoms. The summed E-state index contributed by atoms with van der Waals surface area (Å²) in [7, 11) is 3.24. The number of carbonyl (C=O) groups excluding carboxylic acids is 1. The number of ether oxygens (including phenoxy) is 2. The van der Waals surface area contributed by atoms with Gasteiger partial charge in [-0.3, -0.25) is 9.89 Å². The van der Waals surface area contributed by atoms with Gasteiger partial charge in [-0.15, -0.1) is 11.8 Å². The van der Waals surface area contributed by atoms with Gasteiger partial charge in [0.1, 0.15) is 0 Å². The number of rotatable bonds is 3. The van der Waals surface area contributed by atoms with Crippen LogP contribution >= 0.6 is 11.8 Å². The number of aromatic amines is 1. The van der Waals surface area contributed by atoms with Crippen molar-refractivity contribution in [1.82, 2.24) is 10.2 Å². The Hall–Kier alpha value is -2.15. The highest BCUT2D eigenvalue weighted by atomic mass is 32.2. The van der Waals surface area contributed by atoms with E-state index in [0.29, 0.717) is 17.3 Å². The normalized spacial score (nSPS) is 20.4. The molecule has 0 saturated heterocycles. The monoisotopic (exact) mass is 333 g/mol. The number of carbonyl (C=O) groups is 1. The number of hydrogen-bond acceptors (Lipinski definition) is 5. The molecule has 122 valence electrons. The molecule has 1 aliphatic rings. The van der Waals surface area contributed by atoms with E-state index in [1.807, 2.05) is 32.0 Å². The molecule has 3 rings (SSSR count). The number of nitrogens with zero attached hydrogens (tertiary/aromatic N) is 1. The van der Waals surface area contributed by atoms with E-state index in [4.69, 9.17) is 9.47 Å². The maximum Gasteiger partial charge on any atom is 0.238 e. The number of fused-ring (bicyclic) bond motifs is 1. The summed E-state index contributed by atoms with van der Waals surface area (Å²) in [4.78, 5) is 12.2. The average Bonchev–Trinajstić information content (AvgIpc) is 2.85. The van der Waals surface area contributed by atoms with Crippen LogP contribution in [-0.2, 0) is 4.79 Å². The van der Waals surface area contributed by atoms with Gasteiger partial charge < -0.3 is 14.8 Å². The summed E-state index contributed by atoms with van der Waals surface area (Å²) < 4.78 is 11.0. The molecule has 0 saturated carbocycles. The van der Waals surface area contributed by atoms with Crippen molar-refractivity contribution in [3.63, 3.8) is 0 Å². The van der Waals surface area contributed by atoms with Crippen molar-refractivity contribution in [2.45, 2.75) is 24.3 Å². The molecule has 6 nitrogen and oxygen atoms in total. The summed E-state index contributed by atoms with van der Waals surface area (Å²) in [5, 5.41) is 9.79. The highest BCUT2D eigenvalue weighted by Crippen LogP contribution is 2.49. The van der Waals surface area contributed by atoms with Gasteiger partial charge >= 0.3 is 0 Å². The predicted molar refractivity (Wildman–Crippen MR) is 90.4 cm³/mol. The van der Waals surface area contributed by atoms with E-state index in [0.717, 1.165) is 16.8 Å². The van der Waals surface area contributed by atoms with Crippen molar-refractivity contribution in [2.75, 3.05) is 19.5 Å². The van der Waals surface area contributed by atoms with Crippen molar-refractivity contribution in [3.8, 4) is 11.5 Å². The third-order valence-corrected chi connectivity index (χ3v) is 5.31. The molecule has 1 aromatic heterocycles. The number of aryl methyl sites for hydroxylation is 1. The van der Waals surface area contributed by atoms with Crippen molar-refractivity contribution in [3.05, 3.63) is 35.0 Å². The first kappa shape index (κ1) is 15.7. The zero-order valence-corrected chi connectivity index (χ0v) is 14.3. The minimum atomic E-state index is -0.204. The third kappa shape index (κ3) is 2.65. The Balaban J connectivity index is 2.18. The number of hydrogen-bond donors (Lipinski definition) is 2. The van der Waals surface area contributed by atoms with Gasteiger partial charge in [0, 0.05) is 16.8 Å². The third-order valence-electron chi connectivity index (χ3n) is 3.92. The molecule has 2 atom stereocenters. The molecule has 1 aliphatic heterocycles. The molecule has 2 heterocycles. The van der Waals surface area contributed by atoms with Gasteiger partial charge in [0.05, 0.1) is 24.7 Å². The number of amides is 1. The van der Waals surface area contributed by atoms with Crippen molar-refractivity contribution in [1.29, 1.82) is 0 Å². The second-order valence-electron chi connectivity index (χ2n) is 5.34. The van der Waals surface area contributed by atoms with E-state index < -0.39 is 0 Å². The van der Waals surface area contributed by atoms with Crippen LogP contribution in [-0.4, -0.2) is 35.6 Å². The average molecular weight is 333 g/mol. The molecule has 0 unspecified atom stereocenters. The van der Waals surface area contributed by atoms with Gasteiger partial charge in [-0.2, -0.15) is 5.10 Å². The van der Waals surface area contributed by atoms with Gasteiger partial charge in [0.2, 0.25) is 5.91 Å². The van der Waals surface area contributed by atoms with Crippen LogP contribution in [0.25, 0.3) is 0 Å². The molecule has 2 aromatic rings. The zero-order valence-electron chi connectivity index (χ0n) is 13.5. The number of thioether (sulfide) groups is 1. The summed E-state index contributed by atoms with van der Waals surface area (Å²) in [5.41, 5.74) is 2.86. The van der Waals surface area contributed by atoms with Crippen LogP contribution in [0.3, 0.4) is 0 Å². The fourth-order valence-corrected chi connectivity index (χ4v) is 4.10. The lowest BCUT2D eigenvalue weighted by atomic mass is 10.0. The van der Waals surface area contributed by atoms with E-state index in [-0.39, 0.29) is 16.4 Å². The molecule has 0 aliphatic carbocycles. The quantitative estimate of drug-likeness (QED) is 0.903. The first-order valence-electron chi connectivity index (χ1n) is 7.28. The molecule has 0 spiro atoms. The molecular weight excluding hydrogens is 314 g/mol. The van der Waals surface area contributed by atoms with Gasteiger partial charge in [0.15, 0.2) is 17.3 Å². The lowest BCUT2D eigenvalue weighted by Crippen LogP contribution is -2.21. The SMILES string of the molecule is COc1cccc([C@@H]2S[C@@H](C)C(=O)Nc3n[nH]c(C)c32)c1OC. The number of methoxy groups -OCH3 is 2. The van der Waals surface area contributed by atoms with Gasteiger partial charge in [0.25, 0.3) is 0 Å². The zero-order chi connectivity index (χ0) is 16.6. The van der Waals surface area contributed by atoms with Gasteiger partial charge in [-0.05, 0) is 19.9 Å². The highest BCUT2D eigenvalue weighted by Gasteiger charge is 2.34. The Morgan fingerprint density at radius 2 is 2.04 bits per heavy atom. The highest BCUT2D eigenvalue weighted by molar-refractivity contribution is 8.01. The number of para-hydroxylation sites is 1. The van der Waals surface area contributed by atoms with Crippen LogP contribution in [0.15, 0.2) is 18.2 Å². The fraction of sp³-hybridized carbons (Fsp3) is 0.375. The second kappa shape index (κ2) is 6.16. The fourth-order valence-electron chi connectivity index (χ4n) is 2.75. The number of H-pyrrole nitrogens is 1. The number of anilines is 1. The Morgan fingerprint density at radius 1 is 1.26 bits per heavy atom.